The molecule has 1 atom stereocenters. The van der Waals surface area contributed by atoms with Crippen molar-refractivity contribution in [2.45, 2.75) is 19.1 Å². The van der Waals surface area contributed by atoms with Crippen LogP contribution in [0, 0.1) is 11.3 Å². The molecule has 0 spiro atoms. The molecule has 128 valence electrons. The highest BCUT2D eigenvalue weighted by Gasteiger charge is 2.29. The van der Waals surface area contributed by atoms with Gasteiger partial charge < -0.3 is 4.74 Å². The fraction of sp³-hybridized carbons (Fsp3) is 0.158. The number of amides is 1. The highest BCUT2D eigenvalue weighted by atomic mass is 16.5. The lowest BCUT2D eigenvalue weighted by molar-refractivity contribution is -0.117. The van der Waals surface area contributed by atoms with Gasteiger partial charge >= 0.3 is 0 Å². The second-order valence-electron chi connectivity index (χ2n) is 5.89. The van der Waals surface area contributed by atoms with Gasteiger partial charge in [-0.1, -0.05) is 36.4 Å². The standard InChI is InChI=1S/C19H15N5O2/c20-10-13-5-1-2-6-14(13)11-26-17-8-4-3-7-15(17)16-9-18(25)23-19-21-12-22-24(16)19/h1-8,12,16H,9,11H2,(H,21,22,23,25)/t16-/m0/s1. The van der Waals surface area contributed by atoms with E-state index in [1.165, 1.54) is 6.33 Å². The van der Waals surface area contributed by atoms with Crippen LogP contribution in [0.5, 0.6) is 5.75 Å². The van der Waals surface area contributed by atoms with Gasteiger partial charge in [-0.3, -0.25) is 10.1 Å². The predicted octanol–water partition coefficient (Wildman–Crippen LogP) is 2.66. The fourth-order valence-electron chi connectivity index (χ4n) is 3.05. The van der Waals surface area contributed by atoms with Crippen LogP contribution in [-0.4, -0.2) is 20.7 Å². The van der Waals surface area contributed by atoms with Crippen LogP contribution in [0.3, 0.4) is 0 Å². The maximum absolute atomic E-state index is 12.0. The van der Waals surface area contributed by atoms with E-state index < -0.39 is 0 Å². The topological polar surface area (TPSA) is 92.8 Å². The van der Waals surface area contributed by atoms with E-state index in [4.69, 9.17) is 4.74 Å². The van der Waals surface area contributed by atoms with Crippen LogP contribution in [-0.2, 0) is 11.4 Å². The molecule has 0 unspecified atom stereocenters. The Hall–Kier alpha value is -3.66. The molecular weight excluding hydrogens is 330 g/mol. The molecule has 1 aliphatic heterocycles. The van der Waals surface area contributed by atoms with E-state index in [0.717, 1.165) is 11.1 Å². The molecule has 2 heterocycles. The highest BCUT2D eigenvalue weighted by molar-refractivity contribution is 5.91. The molecule has 1 aliphatic rings. The number of para-hydroxylation sites is 1. The number of carbonyl (C=O) groups is 1. The summed E-state index contributed by atoms with van der Waals surface area (Å²) in [6.07, 6.45) is 1.67. The minimum Gasteiger partial charge on any atom is -0.488 e. The van der Waals surface area contributed by atoms with Crippen LogP contribution in [0.15, 0.2) is 54.9 Å². The number of benzene rings is 2. The molecule has 0 bridgehead atoms. The Balaban J connectivity index is 1.64. The van der Waals surface area contributed by atoms with Gasteiger partial charge in [0, 0.05) is 11.1 Å². The van der Waals surface area contributed by atoms with Crippen molar-refractivity contribution in [2.75, 3.05) is 5.32 Å². The largest absolute Gasteiger partial charge is 0.488 e. The average molecular weight is 345 g/mol. The lowest BCUT2D eigenvalue weighted by atomic mass is 10.0. The van der Waals surface area contributed by atoms with Crippen molar-refractivity contribution in [3.8, 4) is 11.8 Å². The van der Waals surface area contributed by atoms with Crippen molar-refractivity contribution in [3.05, 3.63) is 71.5 Å². The molecule has 1 N–H and O–H groups in total. The number of hydrogen-bond donors (Lipinski definition) is 1. The first kappa shape index (κ1) is 15.8. The summed E-state index contributed by atoms with van der Waals surface area (Å²) in [6.45, 7) is 0.268. The molecule has 7 heteroatoms. The molecule has 0 saturated carbocycles. The minimum absolute atomic E-state index is 0.111. The summed E-state index contributed by atoms with van der Waals surface area (Å²) < 4.78 is 7.69. The molecule has 3 aromatic rings. The number of anilines is 1. The molecule has 26 heavy (non-hydrogen) atoms. The second-order valence-corrected chi connectivity index (χ2v) is 5.89. The normalized spacial score (nSPS) is 15.7. The van der Waals surface area contributed by atoms with Crippen LogP contribution in [0.25, 0.3) is 0 Å². The Morgan fingerprint density at radius 1 is 1.23 bits per heavy atom. The number of hydrogen-bond acceptors (Lipinski definition) is 5. The smallest absolute Gasteiger partial charge is 0.229 e. The van der Waals surface area contributed by atoms with Gasteiger partial charge in [-0.25, -0.2) is 4.68 Å². The van der Waals surface area contributed by atoms with Crippen LogP contribution >= 0.6 is 0 Å². The molecule has 0 aliphatic carbocycles. The maximum atomic E-state index is 12.0. The van der Waals surface area contributed by atoms with Gasteiger partial charge in [0.1, 0.15) is 18.7 Å². The first-order valence-electron chi connectivity index (χ1n) is 8.15. The van der Waals surface area contributed by atoms with E-state index in [9.17, 15) is 10.1 Å². The number of ether oxygens (including phenoxy) is 1. The Labute approximate surface area is 149 Å². The number of nitriles is 1. The van der Waals surface area contributed by atoms with Crippen molar-refractivity contribution in [1.82, 2.24) is 14.8 Å². The summed E-state index contributed by atoms with van der Waals surface area (Å²) in [4.78, 5) is 16.1. The van der Waals surface area contributed by atoms with Gasteiger partial charge in [-0.2, -0.15) is 15.3 Å². The molecule has 1 aromatic heterocycles. The van der Waals surface area contributed by atoms with E-state index in [-0.39, 0.29) is 25.0 Å². The van der Waals surface area contributed by atoms with E-state index in [1.54, 1.807) is 10.7 Å². The number of fused-ring (bicyclic) bond motifs is 1. The number of carbonyl (C=O) groups excluding carboxylic acids is 1. The number of nitrogens with one attached hydrogen (secondary N) is 1. The lowest BCUT2D eigenvalue weighted by Crippen LogP contribution is -2.29. The van der Waals surface area contributed by atoms with Gasteiger partial charge in [0.05, 0.1) is 24.1 Å². The van der Waals surface area contributed by atoms with Crippen molar-refractivity contribution in [3.63, 3.8) is 0 Å². The third kappa shape index (κ3) is 2.89. The second kappa shape index (κ2) is 6.69. The molecule has 2 aromatic carbocycles. The Kier molecular flexibility index (Phi) is 4.07. The van der Waals surface area contributed by atoms with E-state index in [0.29, 0.717) is 17.3 Å². The lowest BCUT2D eigenvalue weighted by Gasteiger charge is -2.25. The van der Waals surface area contributed by atoms with Crippen LogP contribution in [0.4, 0.5) is 5.95 Å². The first-order valence-corrected chi connectivity index (χ1v) is 8.15. The zero-order valence-electron chi connectivity index (χ0n) is 13.8. The van der Waals surface area contributed by atoms with Crippen LogP contribution in [0.1, 0.15) is 29.2 Å². The fourth-order valence-corrected chi connectivity index (χ4v) is 3.05. The van der Waals surface area contributed by atoms with Crippen LogP contribution in [0.2, 0.25) is 0 Å². The molecular formula is C19H15N5O2. The predicted molar refractivity (Wildman–Crippen MR) is 93.3 cm³/mol. The first-order chi connectivity index (χ1) is 12.8. The van der Waals surface area contributed by atoms with E-state index >= 15 is 0 Å². The Morgan fingerprint density at radius 2 is 2.04 bits per heavy atom. The number of rotatable bonds is 4. The molecule has 0 fully saturated rings. The zero-order chi connectivity index (χ0) is 17.9. The highest BCUT2D eigenvalue weighted by Crippen LogP contribution is 2.34. The molecule has 4 rings (SSSR count). The van der Waals surface area contributed by atoms with Crippen molar-refractivity contribution in [2.24, 2.45) is 0 Å². The molecule has 7 nitrogen and oxygen atoms in total. The summed E-state index contributed by atoms with van der Waals surface area (Å²) >= 11 is 0. The third-order valence-corrected chi connectivity index (χ3v) is 4.30. The van der Waals surface area contributed by atoms with Crippen molar-refractivity contribution in [1.29, 1.82) is 5.26 Å². The summed E-state index contributed by atoms with van der Waals surface area (Å²) in [5.41, 5.74) is 2.25. The van der Waals surface area contributed by atoms with Gasteiger partial charge in [0.2, 0.25) is 11.9 Å². The minimum atomic E-state index is -0.288. The zero-order valence-corrected chi connectivity index (χ0v) is 13.8. The SMILES string of the molecule is N#Cc1ccccc1COc1ccccc1[C@@H]1CC(=O)Nc2ncnn21. The van der Waals surface area contributed by atoms with Crippen molar-refractivity contribution >= 4 is 11.9 Å². The van der Waals surface area contributed by atoms with Gasteiger partial charge in [-0.15, -0.1) is 0 Å². The summed E-state index contributed by atoms with van der Waals surface area (Å²) in [7, 11) is 0. The molecule has 1 amide bonds. The number of nitrogens with zero attached hydrogens (tertiary/aromatic N) is 4. The van der Waals surface area contributed by atoms with E-state index in [2.05, 4.69) is 21.5 Å². The maximum Gasteiger partial charge on any atom is 0.229 e. The van der Waals surface area contributed by atoms with Crippen LogP contribution < -0.4 is 10.1 Å². The summed E-state index contributed by atoms with van der Waals surface area (Å²) in [6, 6.07) is 16.7. The summed E-state index contributed by atoms with van der Waals surface area (Å²) in [5.74, 6) is 0.970. The van der Waals surface area contributed by atoms with Gasteiger partial charge in [-0.05, 0) is 12.1 Å². The Bertz CT molecular complexity index is 1000. The van der Waals surface area contributed by atoms with Gasteiger partial charge in [0.15, 0.2) is 0 Å². The quantitative estimate of drug-likeness (QED) is 0.785. The van der Waals surface area contributed by atoms with Crippen molar-refractivity contribution < 1.29 is 9.53 Å². The van der Waals surface area contributed by atoms with E-state index in [1.807, 2.05) is 42.5 Å². The number of aromatic nitrogens is 3. The molecule has 0 saturated heterocycles. The summed E-state index contributed by atoms with van der Waals surface area (Å²) in [5, 5.41) is 16.2. The molecule has 0 radical (unpaired) electrons. The third-order valence-electron chi connectivity index (χ3n) is 4.30. The average Bonchev–Trinajstić information content (AvgIpc) is 3.14. The Morgan fingerprint density at radius 3 is 2.92 bits per heavy atom. The monoisotopic (exact) mass is 345 g/mol. The van der Waals surface area contributed by atoms with Gasteiger partial charge in [0.25, 0.3) is 0 Å².